The van der Waals surface area contributed by atoms with Crippen LogP contribution in [-0.2, 0) is 4.74 Å². The van der Waals surface area contributed by atoms with Crippen molar-refractivity contribution in [2.45, 2.75) is 63.1 Å². The molecule has 0 aromatic heterocycles. The van der Waals surface area contributed by atoms with Gasteiger partial charge in [-0.15, -0.1) is 12.3 Å². The summed E-state index contributed by atoms with van der Waals surface area (Å²) in [5.74, 6) is 2.66. The van der Waals surface area contributed by atoms with Crippen molar-refractivity contribution in [3.63, 3.8) is 0 Å². The van der Waals surface area contributed by atoms with Crippen LogP contribution in [0, 0.1) is 12.3 Å². The van der Waals surface area contributed by atoms with E-state index in [-0.39, 0.29) is 5.60 Å². The van der Waals surface area contributed by atoms with E-state index in [9.17, 15) is 0 Å². The first-order valence-electron chi connectivity index (χ1n) is 6.67. The number of hydrogen-bond acceptors (Lipinski definition) is 2. The summed E-state index contributed by atoms with van der Waals surface area (Å²) in [6.45, 7) is 2.03. The summed E-state index contributed by atoms with van der Waals surface area (Å²) < 4.78 is 6.21. The van der Waals surface area contributed by atoms with E-state index in [1.807, 2.05) is 0 Å². The first kappa shape index (κ1) is 12.0. The van der Waals surface area contributed by atoms with Crippen LogP contribution in [0.5, 0.6) is 0 Å². The van der Waals surface area contributed by atoms with E-state index in [1.54, 1.807) is 0 Å². The Balaban J connectivity index is 1.60. The van der Waals surface area contributed by atoms with E-state index < -0.39 is 0 Å². The standard InChI is InChI=1S/C14H23NO/c1-2-3-6-11-15-12-13-7-10-14(16-13)8-4-5-9-14/h1,13,15H,3-12H2. The van der Waals surface area contributed by atoms with Gasteiger partial charge in [-0.05, 0) is 38.6 Å². The molecule has 2 fully saturated rings. The zero-order valence-corrected chi connectivity index (χ0v) is 10.1. The molecule has 2 heteroatoms. The lowest BCUT2D eigenvalue weighted by Gasteiger charge is -2.23. The van der Waals surface area contributed by atoms with E-state index >= 15 is 0 Å². The summed E-state index contributed by atoms with van der Waals surface area (Å²) in [6, 6.07) is 0. The minimum absolute atomic E-state index is 0.283. The summed E-state index contributed by atoms with van der Waals surface area (Å²) in [7, 11) is 0. The summed E-state index contributed by atoms with van der Waals surface area (Å²) in [4.78, 5) is 0. The van der Waals surface area contributed by atoms with Crippen LogP contribution in [0.3, 0.4) is 0 Å². The van der Waals surface area contributed by atoms with Crippen molar-refractivity contribution in [1.29, 1.82) is 0 Å². The quantitative estimate of drug-likeness (QED) is 0.569. The zero-order valence-electron chi connectivity index (χ0n) is 10.1. The van der Waals surface area contributed by atoms with Crippen molar-refractivity contribution in [1.82, 2.24) is 5.32 Å². The molecular weight excluding hydrogens is 198 g/mol. The second-order valence-corrected chi connectivity index (χ2v) is 5.18. The van der Waals surface area contributed by atoms with Gasteiger partial charge in [0.2, 0.25) is 0 Å². The maximum Gasteiger partial charge on any atom is 0.0708 e. The van der Waals surface area contributed by atoms with Crippen molar-refractivity contribution in [2.75, 3.05) is 13.1 Å². The molecule has 16 heavy (non-hydrogen) atoms. The molecule has 2 rings (SSSR count). The van der Waals surface area contributed by atoms with E-state index in [1.165, 1.54) is 38.5 Å². The average Bonchev–Trinajstić information content (AvgIpc) is 2.90. The molecule has 90 valence electrons. The van der Waals surface area contributed by atoms with Gasteiger partial charge in [-0.1, -0.05) is 12.8 Å². The molecule has 1 N–H and O–H groups in total. The fourth-order valence-corrected chi connectivity index (χ4v) is 3.00. The lowest BCUT2D eigenvalue weighted by atomic mass is 9.98. The van der Waals surface area contributed by atoms with Crippen LogP contribution in [0.1, 0.15) is 51.4 Å². The molecule has 1 aliphatic carbocycles. The second kappa shape index (κ2) is 5.70. The Kier molecular flexibility index (Phi) is 4.26. The average molecular weight is 221 g/mol. The first-order chi connectivity index (χ1) is 7.85. The van der Waals surface area contributed by atoms with Gasteiger partial charge < -0.3 is 10.1 Å². The second-order valence-electron chi connectivity index (χ2n) is 5.18. The van der Waals surface area contributed by atoms with Gasteiger partial charge in [-0.3, -0.25) is 0 Å². The topological polar surface area (TPSA) is 21.3 Å². The summed E-state index contributed by atoms with van der Waals surface area (Å²) >= 11 is 0. The molecule has 0 aromatic carbocycles. The monoisotopic (exact) mass is 221 g/mol. The van der Waals surface area contributed by atoms with Crippen LogP contribution in [0.25, 0.3) is 0 Å². The van der Waals surface area contributed by atoms with Gasteiger partial charge in [0.15, 0.2) is 0 Å². The lowest BCUT2D eigenvalue weighted by molar-refractivity contribution is -0.0350. The Morgan fingerprint density at radius 1 is 1.31 bits per heavy atom. The van der Waals surface area contributed by atoms with Crippen molar-refractivity contribution in [3.05, 3.63) is 0 Å². The van der Waals surface area contributed by atoms with Gasteiger partial charge >= 0.3 is 0 Å². The summed E-state index contributed by atoms with van der Waals surface area (Å²) in [6.07, 6.45) is 15.4. The van der Waals surface area contributed by atoms with Gasteiger partial charge in [-0.25, -0.2) is 0 Å². The molecule has 1 spiro atoms. The third kappa shape index (κ3) is 2.99. The highest BCUT2D eigenvalue weighted by molar-refractivity contribution is 4.93. The molecule has 2 nitrogen and oxygen atoms in total. The molecule has 1 unspecified atom stereocenters. The van der Waals surface area contributed by atoms with Crippen molar-refractivity contribution in [3.8, 4) is 12.3 Å². The fraction of sp³-hybridized carbons (Fsp3) is 0.857. The van der Waals surface area contributed by atoms with Gasteiger partial charge in [0, 0.05) is 13.0 Å². The minimum atomic E-state index is 0.283. The third-order valence-electron chi connectivity index (χ3n) is 3.90. The molecule has 0 radical (unpaired) electrons. The molecule has 0 amide bonds. The highest BCUT2D eigenvalue weighted by Gasteiger charge is 2.41. The van der Waals surface area contributed by atoms with E-state index in [4.69, 9.17) is 11.2 Å². The predicted octanol–water partition coefficient (Wildman–Crippen LogP) is 2.48. The first-order valence-corrected chi connectivity index (χ1v) is 6.67. The Morgan fingerprint density at radius 2 is 2.12 bits per heavy atom. The zero-order chi connectivity index (χ0) is 11.3. The molecular formula is C14H23NO. The maximum atomic E-state index is 6.21. The maximum absolute atomic E-state index is 6.21. The van der Waals surface area contributed by atoms with Gasteiger partial charge in [-0.2, -0.15) is 0 Å². The normalized spacial score (nSPS) is 27.3. The number of ether oxygens (including phenoxy) is 1. The van der Waals surface area contributed by atoms with Crippen molar-refractivity contribution >= 4 is 0 Å². The molecule has 1 atom stereocenters. The largest absolute Gasteiger partial charge is 0.370 e. The van der Waals surface area contributed by atoms with Crippen LogP contribution >= 0.6 is 0 Å². The van der Waals surface area contributed by atoms with Crippen molar-refractivity contribution in [2.24, 2.45) is 0 Å². The number of hydrogen-bond donors (Lipinski definition) is 1. The van der Waals surface area contributed by atoms with Gasteiger partial charge in [0.05, 0.1) is 11.7 Å². The van der Waals surface area contributed by atoms with Gasteiger partial charge in [0.25, 0.3) is 0 Å². The number of nitrogens with one attached hydrogen (secondary N) is 1. The Labute approximate surface area is 99.1 Å². The molecule has 1 aliphatic heterocycles. The van der Waals surface area contributed by atoms with Crippen LogP contribution in [0.4, 0.5) is 0 Å². The Bertz CT molecular complexity index is 250. The molecule has 1 saturated heterocycles. The molecule has 1 heterocycles. The third-order valence-corrected chi connectivity index (χ3v) is 3.90. The lowest BCUT2D eigenvalue weighted by Crippen LogP contribution is -2.31. The van der Waals surface area contributed by atoms with Crippen LogP contribution in [0.2, 0.25) is 0 Å². The highest BCUT2D eigenvalue weighted by Crippen LogP contribution is 2.43. The Morgan fingerprint density at radius 3 is 2.88 bits per heavy atom. The smallest absolute Gasteiger partial charge is 0.0708 e. The highest BCUT2D eigenvalue weighted by atomic mass is 16.5. The van der Waals surface area contributed by atoms with Crippen LogP contribution in [-0.4, -0.2) is 24.8 Å². The molecule has 2 aliphatic rings. The molecule has 0 aromatic rings. The van der Waals surface area contributed by atoms with E-state index in [2.05, 4.69) is 11.2 Å². The fourth-order valence-electron chi connectivity index (χ4n) is 3.00. The van der Waals surface area contributed by atoms with E-state index in [0.29, 0.717) is 6.10 Å². The van der Waals surface area contributed by atoms with Gasteiger partial charge in [0.1, 0.15) is 0 Å². The number of terminal acetylenes is 1. The Hall–Kier alpha value is -0.520. The van der Waals surface area contributed by atoms with E-state index in [0.717, 1.165) is 25.9 Å². The SMILES string of the molecule is C#CCCCNCC1CCC2(CCCC2)O1. The van der Waals surface area contributed by atoms with Crippen LogP contribution in [0.15, 0.2) is 0 Å². The summed E-state index contributed by atoms with van der Waals surface area (Å²) in [5, 5.41) is 3.45. The van der Waals surface area contributed by atoms with Crippen LogP contribution < -0.4 is 5.32 Å². The predicted molar refractivity (Wildman–Crippen MR) is 66.2 cm³/mol. The molecule has 1 saturated carbocycles. The van der Waals surface area contributed by atoms with Crippen molar-refractivity contribution < 1.29 is 4.74 Å². The number of rotatable bonds is 5. The minimum Gasteiger partial charge on any atom is -0.370 e. The summed E-state index contributed by atoms with van der Waals surface area (Å²) in [5.41, 5.74) is 0.283. The molecule has 0 bridgehead atoms. The number of unbranched alkanes of at least 4 members (excludes halogenated alkanes) is 1.